The van der Waals surface area contributed by atoms with E-state index < -0.39 is 5.97 Å². The van der Waals surface area contributed by atoms with Gasteiger partial charge in [-0.15, -0.1) is 0 Å². The fourth-order valence-corrected chi connectivity index (χ4v) is 3.33. The van der Waals surface area contributed by atoms with E-state index in [9.17, 15) is 4.79 Å². The maximum absolute atomic E-state index is 10.8. The highest BCUT2D eigenvalue weighted by molar-refractivity contribution is 5.87. The Morgan fingerprint density at radius 2 is 1.84 bits per heavy atom. The fraction of sp³-hybridized carbons (Fsp3) is 0.348. The van der Waals surface area contributed by atoms with E-state index in [-0.39, 0.29) is 5.41 Å². The predicted octanol–water partition coefficient (Wildman–Crippen LogP) is 6.43. The summed E-state index contributed by atoms with van der Waals surface area (Å²) in [6.45, 7) is 9.00. The first kappa shape index (κ1) is 19.0. The standard InChI is InChI=1S/C23H28O2/c1-17(10-15-21-18(2)8-6-16-23(21,3)4)7-5-9-19-11-13-20(14-12-19)22(24)25/h5,7,9-15H,6,8,16H2,1-4H3,(H,24,25)/b9-5-,15-10+,17-7+. The molecule has 0 heterocycles. The molecule has 1 aliphatic rings. The Morgan fingerprint density at radius 3 is 2.44 bits per heavy atom. The molecule has 0 saturated heterocycles. The lowest BCUT2D eigenvalue weighted by molar-refractivity contribution is 0.0697. The summed E-state index contributed by atoms with van der Waals surface area (Å²) in [5.41, 5.74) is 5.74. The van der Waals surface area contributed by atoms with Crippen molar-refractivity contribution < 1.29 is 9.90 Å². The van der Waals surface area contributed by atoms with E-state index in [4.69, 9.17) is 5.11 Å². The number of rotatable bonds is 5. The van der Waals surface area contributed by atoms with Gasteiger partial charge in [-0.05, 0) is 61.8 Å². The van der Waals surface area contributed by atoms with Crippen LogP contribution in [0.1, 0.15) is 62.9 Å². The molecule has 0 atom stereocenters. The van der Waals surface area contributed by atoms with Gasteiger partial charge in [0.05, 0.1) is 5.56 Å². The quantitative estimate of drug-likeness (QED) is 0.629. The van der Waals surface area contributed by atoms with Crippen molar-refractivity contribution in [3.05, 3.63) is 76.4 Å². The smallest absolute Gasteiger partial charge is 0.335 e. The van der Waals surface area contributed by atoms with E-state index in [1.54, 1.807) is 12.1 Å². The van der Waals surface area contributed by atoms with Crippen molar-refractivity contribution in [3.8, 4) is 0 Å². The molecule has 0 radical (unpaired) electrons. The van der Waals surface area contributed by atoms with Gasteiger partial charge < -0.3 is 5.11 Å². The van der Waals surface area contributed by atoms with Gasteiger partial charge in [-0.25, -0.2) is 4.79 Å². The van der Waals surface area contributed by atoms with Crippen LogP contribution in [0.15, 0.2) is 65.3 Å². The lowest BCUT2D eigenvalue weighted by Crippen LogP contribution is -2.19. The van der Waals surface area contributed by atoms with E-state index in [1.165, 1.54) is 36.0 Å². The lowest BCUT2D eigenvalue weighted by atomic mass is 9.72. The number of carboxylic acid groups (broad SMARTS) is 1. The molecule has 0 bridgehead atoms. The molecule has 1 aliphatic carbocycles. The molecule has 1 aromatic rings. The predicted molar refractivity (Wildman–Crippen MR) is 106 cm³/mol. The molecule has 0 amide bonds. The van der Waals surface area contributed by atoms with E-state index in [2.05, 4.69) is 45.9 Å². The third-order valence-corrected chi connectivity index (χ3v) is 4.86. The Morgan fingerprint density at radius 1 is 1.16 bits per heavy atom. The first-order chi connectivity index (χ1) is 11.8. The maximum Gasteiger partial charge on any atom is 0.335 e. The summed E-state index contributed by atoms with van der Waals surface area (Å²) in [4.78, 5) is 10.8. The minimum atomic E-state index is -0.897. The highest BCUT2D eigenvalue weighted by Gasteiger charge is 2.26. The molecule has 2 heteroatoms. The Labute approximate surface area is 151 Å². The molecule has 0 fully saturated rings. The molecule has 1 aromatic carbocycles. The van der Waals surface area contributed by atoms with Crippen molar-refractivity contribution in [2.24, 2.45) is 5.41 Å². The van der Waals surface area contributed by atoms with Crippen LogP contribution in [0.2, 0.25) is 0 Å². The topological polar surface area (TPSA) is 37.3 Å². The Balaban J connectivity index is 2.05. The van der Waals surface area contributed by atoms with Crippen molar-refractivity contribution in [3.63, 3.8) is 0 Å². The summed E-state index contributed by atoms with van der Waals surface area (Å²) in [6, 6.07) is 6.88. The minimum absolute atomic E-state index is 0.265. The molecule has 0 unspecified atom stereocenters. The summed E-state index contributed by atoms with van der Waals surface area (Å²) < 4.78 is 0. The van der Waals surface area contributed by atoms with Gasteiger partial charge in [-0.1, -0.05) is 67.5 Å². The van der Waals surface area contributed by atoms with E-state index in [0.717, 1.165) is 5.56 Å². The molecule has 1 N–H and O–H groups in total. The van der Waals surface area contributed by atoms with Crippen molar-refractivity contribution >= 4 is 12.0 Å². The number of carbonyl (C=O) groups is 1. The number of hydrogen-bond donors (Lipinski definition) is 1. The largest absolute Gasteiger partial charge is 0.478 e. The van der Waals surface area contributed by atoms with E-state index in [0.29, 0.717) is 5.56 Å². The molecular weight excluding hydrogens is 308 g/mol. The average molecular weight is 336 g/mol. The number of hydrogen-bond acceptors (Lipinski definition) is 1. The minimum Gasteiger partial charge on any atom is -0.478 e. The van der Waals surface area contributed by atoms with Crippen molar-refractivity contribution in [1.29, 1.82) is 0 Å². The third-order valence-electron chi connectivity index (χ3n) is 4.86. The Hall–Kier alpha value is -2.35. The molecular formula is C23H28O2. The molecule has 132 valence electrons. The normalized spacial score (nSPS) is 18.3. The average Bonchev–Trinajstić information content (AvgIpc) is 2.54. The van der Waals surface area contributed by atoms with Gasteiger partial charge in [0.1, 0.15) is 0 Å². The zero-order valence-electron chi connectivity index (χ0n) is 15.7. The molecule has 0 aliphatic heterocycles. The highest BCUT2D eigenvalue weighted by atomic mass is 16.4. The summed E-state index contributed by atoms with van der Waals surface area (Å²) in [5.74, 6) is -0.897. The number of allylic oxidation sites excluding steroid dienone is 7. The van der Waals surface area contributed by atoms with E-state index in [1.807, 2.05) is 24.3 Å². The van der Waals surface area contributed by atoms with Crippen LogP contribution < -0.4 is 0 Å². The van der Waals surface area contributed by atoms with Crippen LogP contribution in [0, 0.1) is 5.41 Å². The second-order valence-electron chi connectivity index (χ2n) is 7.46. The van der Waals surface area contributed by atoms with Crippen LogP contribution in [-0.2, 0) is 0 Å². The maximum atomic E-state index is 10.8. The molecule has 0 saturated carbocycles. The fourth-order valence-electron chi connectivity index (χ4n) is 3.33. The molecule has 0 spiro atoms. The van der Waals surface area contributed by atoms with Crippen LogP contribution >= 0.6 is 0 Å². The van der Waals surface area contributed by atoms with Gasteiger partial charge in [0.2, 0.25) is 0 Å². The van der Waals surface area contributed by atoms with Crippen molar-refractivity contribution in [1.82, 2.24) is 0 Å². The van der Waals surface area contributed by atoms with Gasteiger partial charge in [-0.2, -0.15) is 0 Å². The van der Waals surface area contributed by atoms with Crippen LogP contribution in [-0.4, -0.2) is 11.1 Å². The summed E-state index contributed by atoms with van der Waals surface area (Å²) in [6.07, 6.45) is 14.3. The van der Waals surface area contributed by atoms with E-state index >= 15 is 0 Å². The zero-order chi connectivity index (χ0) is 18.4. The van der Waals surface area contributed by atoms with Gasteiger partial charge in [0, 0.05) is 0 Å². The van der Waals surface area contributed by atoms with Crippen LogP contribution in [0.5, 0.6) is 0 Å². The zero-order valence-corrected chi connectivity index (χ0v) is 15.7. The summed E-state index contributed by atoms with van der Waals surface area (Å²) >= 11 is 0. The van der Waals surface area contributed by atoms with Crippen LogP contribution in [0.25, 0.3) is 6.08 Å². The first-order valence-electron chi connectivity index (χ1n) is 8.86. The number of carboxylic acids is 1. The molecule has 2 rings (SSSR count). The van der Waals surface area contributed by atoms with Gasteiger partial charge >= 0.3 is 5.97 Å². The monoisotopic (exact) mass is 336 g/mol. The van der Waals surface area contributed by atoms with Crippen molar-refractivity contribution in [2.75, 3.05) is 0 Å². The number of aromatic carboxylic acids is 1. The summed E-state index contributed by atoms with van der Waals surface area (Å²) in [5, 5.41) is 8.91. The first-order valence-corrected chi connectivity index (χ1v) is 8.86. The van der Waals surface area contributed by atoms with Gasteiger partial charge in [0.25, 0.3) is 0 Å². The van der Waals surface area contributed by atoms with Crippen molar-refractivity contribution in [2.45, 2.75) is 47.0 Å². The highest BCUT2D eigenvalue weighted by Crippen LogP contribution is 2.40. The Bertz CT molecular complexity index is 741. The van der Waals surface area contributed by atoms with Gasteiger partial charge in [0.15, 0.2) is 0 Å². The lowest BCUT2D eigenvalue weighted by Gasteiger charge is -2.32. The second kappa shape index (κ2) is 8.15. The SMILES string of the molecule is CC1=C(/C=C/C(C)=C/C=C\c2ccc(C(=O)O)cc2)C(C)(C)CCC1. The van der Waals surface area contributed by atoms with Crippen LogP contribution in [0.4, 0.5) is 0 Å². The van der Waals surface area contributed by atoms with Gasteiger partial charge in [-0.3, -0.25) is 0 Å². The Kier molecular flexibility index (Phi) is 6.19. The third kappa shape index (κ3) is 5.32. The number of benzene rings is 1. The summed E-state index contributed by atoms with van der Waals surface area (Å²) in [7, 11) is 0. The second-order valence-corrected chi connectivity index (χ2v) is 7.46. The molecule has 0 aromatic heterocycles. The molecule has 2 nitrogen and oxygen atoms in total. The molecule has 25 heavy (non-hydrogen) atoms. The van der Waals surface area contributed by atoms with Crippen LogP contribution in [0.3, 0.4) is 0 Å².